The van der Waals surface area contributed by atoms with Crippen LogP contribution in [0.15, 0.2) is 6.20 Å². The van der Waals surface area contributed by atoms with E-state index in [1.54, 1.807) is 0 Å². The van der Waals surface area contributed by atoms with Crippen LogP contribution in [0.2, 0.25) is 0 Å². The first-order chi connectivity index (χ1) is 9.98. The van der Waals surface area contributed by atoms with E-state index in [4.69, 9.17) is 4.74 Å². The molecule has 0 radical (unpaired) electrons. The highest BCUT2D eigenvalue weighted by Gasteiger charge is 2.49. The zero-order valence-corrected chi connectivity index (χ0v) is 13.9. The van der Waals surface area contributed by atoms with Gasteiger partial charge in [0.1, 0.15) is 5.82 Å². The van der Waals surface area contributed by atoms with Crippen LogP contribution in [0.25, 0.3) is 0 Å². The van der Waals surface area contributed by atoms with E-state index in [1.807, 2.05) is 13.1 Å². The quantitative estimate of drug-likeness (QED) is 0.808. The van der Waals surface area contributed by atoms with Crippen molar-refractivity contribution in [3.63, 3.8) is 0 Å². The second kappa shape index (κ2) is 6.60. The van der Waals surface area contributed by atoms with Gasteiger partial charge in [-0.25, -0.2) is 4.98 Å². The minimum absolute atomic E-state index is 0.129. The summed E-state index contributed by atoms with van der Waals surface area (Å²) in [6.45, 7) is 12.4. The second-order valence-electron chi connectivity index (χ2n) is 6.35. The molecule has 2 rings (SSSR count). The normalized spacial score (nSPS) is 23.5. The SMILES string of the molecule is CCCNc1ncc(C)c(NC2CC(OCC)C2(C)C)n1. The molecule has 1 aliphatic carbocycles. The van der Waals surface area contributed by atoms with E-state index in [0.717, 1.165) is 37.4 Å². The van der Waals surface area contributed by atoms with Crippen LogP contribution in [0.5, 0.6) is 0 Å². The number of nitrogens with zero attached hydrogens (tertiary/aromatic N) is 2. The molecule has 1 aromatic rings. The first-order valence-electron chi connectivity index (χ1n) is 7.94. The molecular formula is C16H28N4O. The minimum Gasteiger partial charge on any atom is -0.378 e. The Morgan fingerprint density at radius 3 is 2.76 bits per heavy atom. The molecule has 21 heavy (non-hydrogen) atoms. The van der Waals surface area contributed by atoms with Gasteiger partial charge in [-0.1, -0.05) is 20.8 Å². The number of aromatic nitrogens is 2. The van der Waals surface area contributed by atoms with Crippen molar-refractivity contribution >= 4 is 11.8 Å². The largest absolute Gasteiger partial charge is 0.378 e. The van der Waals surface area contributed by atoms with Gasteiger partial charge in [-0.05, 0) is 26.7 Å². The maximum absolute atomic E-state index is 5.78. The van der Waals surface area contributed by atoms with Crippen molar-refractivity contribution < 1.29 is 4.74 Å². The van der Waals surface area contributed by atoms with Crippen molar-refractivity contribution in [1.29, 1.82) is 0 Å². The molecule has 1 fully saturated rings. The fourth-order valence-corrected chi connectivity index (χ4v) is 2.69. The van der Waals surface area contributed by atoms with Crippen LogP contribution < -0.4 is 10.6 Å². The molecule has 2 atom stereocenters. The Morgan fingerprint density at radius 1 is 1.38 bits per heavy atom. The third-order valence-corrected chi connectivity index (χ3v) is 4.36. The van der Waals surface area contributed by atoms with Gasteiger partial charge in [-0.2, -0.15) is 4.98 Å². The Bertz CT molecular complexity index is 475. The van der Waals surface area contributed by atoms with Crippen LogP contribution in [0.1, 0.15) is 46.1 Å². The van der Waals surface area contributed by atoms with Gasteiger partial charge in [-0.3, -0.25) is 0 Å². The predicted octanol–water partition coefficient (Wildman–Crippen LogP) is 3.22. The molecule has 2 N–H and O–H groups in total. The van der Waals surface area contributed by atoms with Crippen molar-refractivity contribution in [3.05, 3.63) is 11.8 Å². The molecule has 0 amide bonds. The van der Waals surface area contributed by atoms with Gasteiger partial charge >= 0.3 is 0 Å². The molecule has 0 aromatic carbocycles. The molecular weight excluding hydrogens is 264 g/mol. The topological polar surface area (TPSA) is 59.1 Å². The third-order valence-electron chi connectivity index (χ3n) is 4.36. The molecule has 0 aliphatic heterocycles. The van der Waals surface area contributed by atoms with Gasteiger partial charge < -0.3 is 15.4 Å². The number of hydrogen-bond donors (Lipinski definition) is 2. The predicted molar refractivity (Wildman–Crippen MR) is 86.8 cm³/mol. The Hall–Kier alpha value is -1.36. The summed E-state index contributed by atoms with van der Waals surface area (Å²) in [4.78, 5) is 8.92. The standard InChI is InChI=1S/C16H28N4O/c1-6-8-17-15-18-10-11(3)14(20-15)19-12-9-13(21-7-2)16(12,4)5/h10,12-13H,6-9H2,1-5H3,(H2,17,18,19,20). The number of hydrogen-bond acceptors (Lipinski definition) is 5. The highest BCUT2D eigenvalue weighted by atomic mass is 16.5. The van der Waals surface area contributed by atoms with E-state index in [9.17, 15) is 0 Å². The monoisotopic (exact) mass is 292 g/mol. The van der Waals surface area contributed by atoms with E-state index in [-0.39, 0.29) is 5.41 Å². The van der Waals surface area contributed by atoms with Crippen LogP contribution >= 0.6 is 0 Å². The Balaban J connectivity index is 2.03. The zero-order valence-electron chi connectivity index (χ0n) is 13.9. The molecule has 0 bridgehead atoms. The van der Waals surface area contributed by atoms with E-state index < -0.39 is 0 Å². The van der Waals surface area contributed by atoms with Crippen molar-refractivity contribution in [2.45, 2.75) is 59.6 Å². The number of anilines is 2. The minimum atomic E-state index is 0.129. The average Bonchev–Trinajstić information content (AvgIpc) is 2.46. The molecule has 1 aliphatic rings. The van der Waals surface area contributed by atoms with Crippen LogP contribution in [-0.4, -0.2) is 35.3 Å². The summed E-state index contributed by atoms with van der Waals surface area (Å²) in [5.74, 6) is 1.63. The Morgan fingerprint density at radius 2 is 2.14 bits per heavy atom. The average molecular weight is 292 g/mol. The number of aryl methyl sites for hydroxylation is 1. The molecule has 0 spiro atoms. The second-order valence-corrected chi connectivity index (χ2v) is 6.35. The maximum atomic E-state index is 5.78. The molecule has 0 saturated heterocycles. The summed E-state index contributed by atoms with van der Waals surface area (Å²) in [5, 5.41) is 6.81. The lowest BCUT2D eigenvalue weighted by atomic mass is 9.64. The summed E-state index contributed by atoms with van der Waals surface area (Å²) in [5.41, 5.74) is 1.21. The zero-order chi connectivity index (χ0) is 15.5. The Kier molecular flexibility index (Phi) is 5.04. The summed E-state index contributed by atoms with van der Waals surface area (Å²) in [6, 6.07) is 0.390. The summed E-state index contributed by atoms with van der Waals surface area (Å²) in [6.07, 6.45) is 4.30. The molecule has 2 unspecified atom stereocenters. The number of nitrogens with one attached hydrogen (secondary N) is 2. The van der Waals surface area contributed by atoms with Crippen molar-refractivity contribution in [2.75, 3.05) is 23.8 Å². The fourth-order valence-electron chi connectivity index (χ4n) is 2.69. The lowest BCUT2D eigenvalue weighted by Gasteiger charge is -2.51. The number of ether oxygens (including phenoxy) is 1. The van der Waals surface area contributed by atoms with Gasteiger partial charge in [0.25, 0.3) is 0 Å². The lowest BCUT2D eigenvalue weighted by molar-refractivity contribution is -0.0976. The van der Waals surface area contributed by atoms with Gasteiger partial charge in [0.15, 0.2) is 0 Å². The van der Waals surface area contributed by atoms with Gasteiger partial charge in [0.05, 0.1) is 6.10 Å². The van der Waals surface area contributed by atoms with Gasteiger partial charge in [-0.15, -0.1) is 0 Å². The molecule has 1 aromatic heterocycles. The smallest absolute Gasteiger partial charge is 0.224 e. The van der Waals surface area contributed by atoms with E-state index in [2.05, 4.69) is 48.3 Å². The molecule has 118 valence electrons. The van der Waals surface area contributed by atoms with Crippen molar-refractivity contribution in [3.8, 4) is 0 Å². The lowest BCUT2D eigenvalue weighted by Crippen LogP contribution is -2.58. The van der Waals surface area contributed by atoms with Crippen LogP contribution in [0.4, 0.5) is 11.8 Å². The summed E-state index contributed by atoms with van der Waals surface area (Å²) in [7, 11) is 0. The number of rotatable bonds is 7. The highest BCUT2D eigenvalue weighted by Crippen LogP contribution is 2.44. The summed E-state index contributed by atoms with van der Waals surface area (Å²) >= 11 is 0. The molecule has 1 heterocycles. The van der Waals surface area contributed by atoms with E-state index >= 15 is 0 Å². The highest BCUT2D eigenvalue weighted by molar-refractivity contribution is 5.48. The van der Waals surface area contributed by atoms with Crippen molar-refractivity contribution in [1.82, 2.24) is 9.97 Å². The maximum Gasteiger partial charge on any atom is 0.224 e. The van der Waals surface area contributed by atoms with Crippen LogP contribution in [0, 0.1) is 12.3 Å². The molecule has 5 heteroatoms. The first-order valence-corrected chi connectivity index (χ1v) is 7.94. The molecule has 1 saturated carbocycles. The van der Waals surface area contributed by atoms with Crippen LogP contribution in [0.3, 0.4) is 0 Å². The van der Waals surface area contributed by atoms with E-state index in [0.29, 0.717) is 18.1 Å². The third kappa shape index (κ3) is 3.46. The Labute approximate surface area is 127 Å². The first kappa shape index (κ1) is 16.0. The summed E-state index contributed by atoms with van der Waals surface area (Å²) < 4.78 is 5.78. The van der Waals surface area contributed by atoms with Crippen LogP contribution in [-0.2, 0) is 4.74 Å². The van der Waals surface area contributed by atoms with E-state index in [1.165, 1.54) is 0 Å². The van der Waals surface area contributed by atoms with Crippen molar-refractivity contribution in [2.24, 2.45) is 5.41 Å². The molecule has 5 nitrogen and oxygen atoms in total. The fraction of sp³-hybridized carbons (Fsp3) is 0.750. The van der Waals surface area contributed by atoms with Gasteiger partial charge in [0.2, 0.25) is 5.95 Å². The van der Waals surface area contributed by atoms with Gasteiger partial charge in [0, 0.05) is 36.4 Å².